The molecule has 5 nitrogen and oxygen atoms in total. The zero-order valence-corrected chi connectivity index (χ0v) is 17.0. The molecule has 7 heteroatoms. The van der Waals surface area contributed by atoms with Gasteiger partial charge in [0.25, 0.3) is 5.91 Å². The number of ether oxygens (including phenoxy) is 1. The number of amides is 1. The molecule has 4 aromatic rings. The Labute approximate surface area is 181 Å². The van der Waals surface area contributed by atoms with Crippen molar-refractivity contribution >= 4 is 45.8 Å². The lowest BCUT2D eigenvalue weighted by Crippen LogP contribution is -2.20. The summed E-state index contributed by atoms with van der Waals surface area (Å²) >= 11 is 12.0. The number of halogens is 2. The first-order valence-corrected chi connectivity index (χ1v) is 9.75. The summed E-state index contributed by atoms with van der Waals surface area (Å²) in [5.41, 5.74) is 1.76. The standard InChI is InChI=1S/C23H15Cl2NO4/c24-14-5-7-15(8-6-14)26-22(27)13-29-16-9-10-18-21(11-16)30-12-19(23(18)28)17-3-1-2-4-20(17)25/h1-12H,13H2,(H,26,27). The predicted octanol–water partition coefficient (Wildman–Crippen LogP) is 5.78. The average Bonchev–Trinajstić information content (AvgIpc) is 2.75. The van der Waals surface area contributed by atoms with Crippen molar-refractivity contribution < 1.29 is 13.9 Å². The largest absolute Gasteiger partial charge is 0.484 e. The highest BCUT2D eigenvalue weighted by Gasteiger charge is 2.13. The molecular weight excluding hydrogens is 425 g/mol. The summed E-state index contributed by atoms with van der Waals surface area (Å²) in [5, 5.41) is 4.15. The maximum Gasteiger partial charge on any atom is 0.262 e. The second-order valence-corrected chi connectivity index (χ2v) is 7.30. The Kier molecular flexibility index (Phi) is 5.74. The molecule has 0 saturated carbocycles. The number of fused-ring (bicyclic) bond motifs is 1. The van der Waals surface area contributed by atoms with Crippen molar-refractivity contribution in [1.29, 1.82) is 0 Å². The molecule has 1 heterocycles. The summed E-state index contributed by atoms with van der Waals surface area (Å²) < 4.78 is 11.2. The van der Waals surface area contributed by atoms with E-state index in [-0.39, 0.29) is 17.9 Å². The Hall–Kier alpha value is -3.28. The molecule has 30 heavy (non-hydrogen) atoms. The Morgan fingerprint density at radius 2 is 1.73 bits per heavy atom. The second-order valence-electron chi connectivity index (χ2n) is 6.46. The van der Waals surface area contributed by atoms with Crippen molar-refractivity contribution in [3.05, 3.63) is 93.3 Å². The third-order valence-corrected chi connectivity index (χ3v) is 4.99. The van der Waals surface area contributed by atoms with Crippen LogP contribution in [0.1, 0.15) is 0 Å². The van der Waals surface area contributed by atoms with E-state index in [0.29, 0.717) is 43.6 Å². The van der Waals surface area contributed by atoms with E-state index in [1.54, 1.807) is 66.7 Å². The van der Waals surface area contributed by atoms with Crippen LogP contribution < -0.4 is 15.5 Å². The summed E-state index contributed by atoms with van der Waals surface area (Å²) in [7, 11) is 0. The molecule has 1 aromatic heterocycles. The fourth-order valence-electron chi connectivity index (χ4n) is 2.94. The molecule has 0 aliphatic carbocycles. The van der Waals surface area contributed by atoms with Gasteiger partial charge in [-0.15, -0.1) is 0 Å². The summed E-state index contributed by atoms with van der Waals surface area (Å²) in [5.74, 6) is 0.0790. The number of rotatable bonds is 5. The van der Waals surface area contributed by atoms with Gasteiger partial charge in [0.15, 0.2) is 6.61 Å². The lowest BCUT2D eigenvalue weighted by molar-refractivity contribution is -0.118. The van der Waals surface area contributed by atoms with Crippen molar-refractivity contribution in [2.75, 3.05) is 11.9 Å². The van der Waals surface area contributed by atoms with Gasteiger partial charge in [-0.1, -0.05) is 41.4 Å². The van der Waals surface area contributed by atoms with E-state index in [1.165, 1.54) is 6.26 Å². The third kappa shape index (κ3) is 4.32. The van der Waals surface area contributed by atoms with Crippen LogP contribution in [0.5, 0.6) is 5.75 Å². The molecule has 0 bridgehead atoms. The van der Waals surface area contributed by atoms with E-state index in [0.717, 1.165) is 0 Å². The van der Waals surface area contributed by atoms with Gasteiger partial charge >= 0.3 is 0 Å². The molecule has 0 radical (unpaired) electrons. The van der Waals surface area contributed by atoms with Crippen LogP contribution in [0.4, 0.5) is 5.69 Å². The molecule has 0 spiro atoms. The maximum atomic E-state index is 12.9. The fourth-order valence-corrected chi connectivity index (χ4v) is 3.31. The SMILES string of the molecule is O=C(COc1ccc2c(=O)c(-c3ccccc3Cl)coc2c1)Nc1ccc(Cl)cc1. The highest BCUT2D eigenvalue weighted by atomic mass is 35.5. The zero-order chi connectivity index (χ0) is 21.1. The zero-order valence-electron chi connectivity index (χ0n) is 15.5. The van der Waals surface area contributed by atoms with Gasteiger partial charge in [-0.2, -0.15) is 0 Å². The quantitative estimate of drug-likeness (QED) is 0.427. The minimum atomic E-state index is -0.326. The molecule has 0 atom stereocenters. The first-order valence-electron chi connectivity index (χ1n) is 9.00. The molecule has 1 N–H and O–H groups in total. The van der Waals surface area contributed by atoms with E-state index in [9.17, 15) is 9.59 Å². The smallest absolute Gasteiger partial charge is 0.262 e. The van der Waals surface area contributed by atoms with Crippen LogP contribution in [0.2, 0.25) is 10.0 Å². The number of benzene rings is 3. The van der Waals surface area contributed by atoms with Crippen molar-refractivity contribution in [2.45, 2.75) is 0 Å². The Balaban J connectivity index is 1.50. The van der Waals surface area contributed by atoms with Gasteiger partial charge in [0.05, 0.1) is 10.9 Å². The highest BCUT2D eigenvalue weighted by Crippen LogP contribution is 2.27. The first-order chi connectivity index (χ1) is 14.5. The van der Waals surface area contributed by atoms with Crippen LogP contribution in [-0.4, -0.2) is 12.5 Å². The van der Waals surface area contributed by atoms with Gasteiger partial charge in [-0.05, 0) is 42.5 Å². The second kappa shape index (κ2) is 8.61. The van der Waals surface area contributed by atoms with Crippen molar-refractivity contribution in [1.82, 2.24) is 0 Å². The monoisotopic (exact) mass is 439 g/mol. The summed E-state index contributed by atoms with van der Waals surface area (Å²) in [6, 6.07) is 18.6. The normalized spacial score (nSPS) is 10.7. The number of nitrogens with one attached hydrogen (secondary N) is 1. The number of hydrogen-bond acceptors (Lipinski definition) is 4. The summed E-state index contributed by atoms with van der Waals surface area (Å²) in [6.45, 7) is -0.198. The number of carbonyl (C=O) groups excluding carboxylic acids is 1. The number of carbonyl (C=O) groups is 1. The Morgan fingerprint density at radius 3 is 2.50 bits per heavy atom. The Morgan fingerprint density at radius 1 is 0.967 bits per heavy atom. The van der Waals surface area contributed by atoms with Gasteiger partial charge < -0.3 is 14.5 Å². The van der Waals surface area contributed by atoms with E-state index in [1.807, 2.05) is 0 Å². The number of anilines is 1. The van der Waals surface area contributed by atoms with Crippen LogP contribution in [0.25, 0.3) is 22.1 Å². The van der Waals surface area contributed by atoms with Crippen LogP contribution in [0.3, 0.4) is 0 Å². The van der Waals surface area contributed by atoms with Crippen LogP contribution in [0.15, 0.2) is 82.2 Å². The molecule has 150 valence electrons. The lowest BCUT2D eigenvalue weighted by atomic mass is 10.1. The van der Waals surface area contributed by atoms with Gasteiger partial charge in [-0.25, -0.2) is 0 Å². The Bertz CT molecular complexity index is 1280. The lowest BCUT2D eigenvalue weighted by Gasteiger charge is -2.09. The van der Waals surface area contributed by atoms with Crippen molar-refractivity contribution in [2.24, 2.45) is 0 Å². The third-order valence-electron chi connectivity index (χ3n) is 4.41. The van der Waals surface area contributed by atoms with Crippen molar-refractivity contribution in [3.8, 4) is 16.9 Å². The average molecular weight is 440 g/mol. The van der Waals surface area contributed by atoms with Gasteiger partial charge in [-0.3, -0.25) is 9.59 Å². The summed E-state index contributed by atoms with van der Waals surface area (Å²) in [6.07, 6.45) is 1.38. The van der Waals surface area contributed by atoms with Crippen LogP contribution in [0, 0.1) is 0 Å². The summed E-state index contributed by atoms with van der Waals surface area (Å²) in [4.78, 5) is 24.9. The molecule has 0 saturated heterocycles. The maximum absolute atomic E-state index is 12.9. The van der Waals surface area contributed by atoms with Crippen LogP contribution in [-0.2, 0) is 4.79 Å². The molecule has 0 aliphatic rings. The highest BCUT2D eigenvalue weighted by molar-refractivity contribution is 6.33. The molecule has 4 rings (SSSR count). The predicted molar refractivity (Wildman–Crippen MR) is 119 cm³/mol. The molecule has 1 amide bonds. The topological polar surface area (TPSA) is 68.5 Å². The minimum Gasteiger partial charge on any atom is -0.484 e. The van der Waals surface area contributed by atoms with E-state index < -0.39 is 0 Å². The van der Waals surface area contributed by atoms with Gasteiger partial charge in [0.2, 0.25) is 5.43 Å². The van der Waals surface area contributed by atoms with Crippen LogP contribution >= 0.6 is 23.2 Å². The minimum absolute atomic E-state index is 0.198. The fraction of sp³-hybridized carbons (Fsp3) is 0.0435. The van der Waals surface area contributed by atoms with Gasteiger partial charge in [0.1, 0.15) is 17.6 Å². The molecule has 0 unspecified atom stereocenters. The molecular formula is C23H15Cl2NO4. The van der Waals surface area contributed by atoms with E-state index in [2.05, 4.69) is 5.32 Å². The number of hydrogen-bond donors (Lipinski definition) is 1. The van der Waals surface area contributed by atoms with Crippen molar-refractivity contribution in [3.63, 3.8) is 0 Å². The molecule has 0 fully saturated rings. The first kappa shape index (κ1) is 20.0. The van der Waals surface area contributed by atoms with E-state index >= 15 is 0 Å². The van der Waals surface area contributed by atoms with E-state index in [4.69, 9.17) is 32.4 Å². The molecule has 0 aliphatic heterocycles. The molecule has 3 aromatic carbocycles. The van der Waals surface area contributed by atoms with Gasteiger partial charge in [0, 0.05) is 27.4 Å².